The van der Waals surface area contributed by atoms with E-state index >= 15 is 0 Å². The number of carbonyl (C=O) groups excluding carboxylic acids is 1. The molecule has 1 heterocycles. The molecule has 2 rings (SSSR count). The van der Waals surface area contributed by atoms with Crippen LogP contribution in [0.3, 0.4) is 0 Å². The van der Waals surface area contributed by atoms with Crippen molar-refractivity contribution in [2.45, 2.75) is 25.3 Å². The lowest BCUT2D eigenvalue weighted by Gasteiger charge is -2.20. The minimum atomic E-state index is -3.72. The Labute approximate surface area is 142 Å². The standard InChI is InChI=1S/C17H22N2O4S/c1-5-19(12-14-9-7-6-8-10-14)24(21,22)16-11-15(17(20)23-4)18(3)13(16)2/h6-11H,5,12H2,1-4H3. The summed E-state index contributed by atoms with van der Waals surface area (Å²) in [5.41, 5.74) is 1.62. The Morgan fingerprint density at radius 2 is 1.88 bits per heavy atom. The molecule has 0 aliphatic carbocycles. The molecule has 24 heavy (non-hydrogen) atoms. The van der Waals surface area contributed by atoms with Gasteiger partial charge in [0.1, 0.15) is 10.6 Å². The summed E-state index contributed by atoms with van der Waals surface area (Å²) in [5.74, 6) is -0.562. The minimum Gasteiger partial charge on any atom is -0.464 e. The van der Waals surface area contributed by atoms with Crippen LogP contribution in [0.25, 0.3) is 0 Å². The third kappa shape index (κ3) is 3.37. The lowest BCUT2D eigenvalue weighted by molar-refractivity contribution is 0.0589. The normalized spacial score (nSPS) is 11.7. The summed E-state index contributed by atoms with van der Waals surface area (Å²) in [6.07, 6.45) is 0. The monoisotopic (exact) mass is 350 g/mol. The molecule has 0 fully saturated rings. The van der Waals surface area contributed by atoms with E-state index in [0.29, 0.717) is 12.2 Å². The maximum Gasteiger partial charge on any atom is 0.354 e. The molecule has 0 aliphatic rings. The highest BCUT2D eigenvalue weighted by Crippen LogP contribution is 2.25. The molecule has 0 bridgehead atoms. The number of hydrogen-bond donors (Lipinski definition) is 0. The highest BCUT2D eigenvalue weighted by atomic mass is 32.2. The van der Waals surface area contributed by atoms with Gasteiger partial charge in [0.25, 0.3) is 0 Å². The van der Waals surface area contributed by atoms with Crippen molar-refractivity contribution < 1.29 is 17.9 Å². The van der Waals surface area contributed by atoms with E-state index in [-0.39, 0.29) is 17.1 Å². The van der Waals surface area contributed by atoms with E-state index in [1.54, 1.807) is 20.9 Å². The first-order chi connectivity index (χ1) is 11.3. The van der Waals surface area contributed by atoms with Crippen LogP contribution in [0.4, 0.5) is 0 Å². The van der Waals surface area contributed by atoms with E-state index in [2.05, 4.69) is 0 Å². The highest BCUT2D eigenvalue weighted by molar-refractivity contribution is 7.89. The summed E-state index contributed by atoms with van der Waals surface area (Å²) >= 11 is 0. The third-order valence-electron chi connectivity index (χ3n) is 4.06. The van der Waals surface area contributed by atoms with Gasteiger partial charge in [0.15, 0.2) is 0 Å². The van der Waals surface area contributed by atoms with Crippen LogP contribution in [0.5, 0.6) is 0 Å². The fourth-order valence-electron chi connectivity index (χ4n) is 2.53. The number of methoxy groups -OCH3 is 1. The zero-order chi connectivity index (χ0) is 17.9. The zero-order valence-electron chi connectivity index (χ0n) is 14.3. The van der Waals surface area contributed by atoms with Gasteiger partial charge < -0.3 is 9.30 Å². The van der Waals surface area contributed by atoms with Crippen LogP contribution in [0.1, 0.15) is 28.7 Å². The van der Waals surface area contributed by atoms with Gasteiger partial charge in [-0.3, -0.25) is 0 Å². The van der Waals surface area contributed by atoms with Crippen LogP contribution in [0.15, 0.2) is 41.3 Å². The number of hydrogen-bond acceptors (Lipinski definition) is 4. The average Bonchev–Trinajstić information content (AvgIpc) is 2.89. The molecular weight excluding hydrogens is 328 g/mol. The fraction of sp³-hybridized carbons (Fsp3) is 0.353. The first kappa shape index (κ1) is 18.2. The SMILES string of the molecule is CCN(Cc1ccccc1)S(=O)(=O)c1cc(C(=O)OC)n(C)c1C. The predicted molar refractivity (Wildman–Crippen MR) is 91.2 cm³/mol. The van der Waals surface area contributed by atoms with E-state index in [9.17, 15) is 13.2 Å². The molecule has 130 valence electrons. The largest absolute Gasteiger partial charge is 0.464 e. The number of nitrogens with zero attached hydrogens (tertiary/aromatic N) is 2. The summed E-state index contributed by atoms with van der Waals surface area (Å²) in [5, 5.41) is 0. The molecule has 7 heteroatoms. The van der Waals surface area contributed by atoms with Crippen molar-refractivity contribution in [2.24, 2.45) is 7.05 Å². The average molecular weight is 350 g/mol. The number of carbonyl (C=O) groups is 1. The molecule has 1 aromatic heterocycles. The van der Waals surface area contributed by atoms with Gasteiger partial charge in [0, 0.05) is 25.8 Å². The van der Waals surface area contributed by atoms with E-state index in [1.165, 1.54) is 22.0 Å². The van der Waals surface area contributed by atoms with Crippen LogP contribution in [0.2, 0.25) is 0 Å². The molecule has 1 aromatic carbocycles. The summed E-state index contributed by atoms with van der Waals surface area (Å²) in [6, 6.07) is 10.8. The second kappa shape index (κ2) is 7.19. The summed E-state index contributed by atoms with van der Waals surface area (Å²) in [6.45, 7) is 4.08. The van der Waals surface area contributed by atoms with Gasteiger partial charge in [0.05, 0.1) is 7.11 Å². The fourth-order valence-corrected chi connectivity index (χ4v) is 4.23. The third-order valence-corrected chi connectivity index (χ3v) is 6.09. The van der Waals surface area contributed by atoms with E-state index < -0.39 is 16.0 Å². The molecule has 0 saturated carbocycles. The van der Waals surface area contributed by atoms with Crippen molar-refractivity contribution in [1.29, 1.82) is 0 Å². The van der Waals surface area contributed by atoms with Crippen LogP contribution in [-0.2, 0) is 28.4 Å². The lowest BCUT2D eigenvalue weighted by Crippen LogP contribution is -2.30. The Morgan fingerprint density at radius 1 is 1.25 bits per heavy atom. The lowest BCUT2D eigenvalue weighted by atomic mass is 10.2. The summed E-state index contributed by atoms with van der Waals surface area (Å²) in [4.78, 5) is 11.9. The van der Waals surface area contributed by atoms with Crippen molar-refractivity contribution in [3.63, 3.8) is 0 Å². The Kier molecular flexibility index (Phi) is 5.46. The maximum absolute atomic E-state index is 13.0. The van der Waals surface area contributed by atoms with Crippen molar-refractivity contribution in [3.05, 3.63) is 53.3 Å². The number of benzene rings is 1. The molecule has 0 spiro atoms. The molecule has 0 unspecified atom stereocenters. The highest BCUT2D eigenvalue weighted by Gasteiger charge is 2.29. The molecule has 0 N–H and O–H groups in total. The van der Waals surface area contributed by atoms with E-state index in [1.807, 2.05) is 30.3 Å². The van der Waals surface area contributed by atoms with Crippen molar-refractivity contribution in [1.82, 2.24) is 8.87 Å². The van der Waals surface area contributed by atoms with Crippen LogP contribution in [0, 0.1) is 6.92 Å². The number of sulfonamides is 1. The van der Waals surface area contributed by atoms with Gasteiger partial charge in [-0.2, -0.15) is 4.31 Å². The van der Waals surface area contributed by atoms with Gasteiger partial charge in [0.2, 0.25) is 10.0 Å². The van der Waals surface area contributed by atoms with Gasteiger partial charge >= 0.3 is 5.97 Å². The second-order valence-corrected chi connectivity index (χ2v) is 7.35. The van der Waals surface area contributed by atoms with Gasteiger partial charge in [-0.05, 0) is 18.6 Å². The molecule has 0 saturated heterocycles. The molecule has 6 nitrogen and oxygen atoms in total. The summed E-state index contributed by atoms with van der Waals surface area (Å²) in [7, 11) is -0.801. The quantitative estimate of drug-likeness (QED) is 0.750. The van der Waals surface area contributed by atoms with Gasteiger partial charge in [-0.15, -0.1) is 0 Å². The van der Waals surface area contributed by atoms with Crippen molar-refractivity contribution in [3.8, 4) is 0 Å². The van der Waals surface area contributed by atoms with Gasteiger partial charge in [-0.25, -0.2) is 13.2 Å². The Balaban J connectivity index is 2.43. The maximum atomic E-state index is 13.0. The van der Waals surface area contributed by atoms with E-state index in [0.717, 1.165) is 5.56 Å². The van der Waals surface area contributed by atoms with Crippen LogP contribution in [-0.4, -0.2) is 36.9 Å². The smallest absolute Gasteiger partial charge is 0.354 e. The molecule has 0 aliphatic heterocycles. The number of rotatable bonds is 6. The Morgan fingerprint density at radius 3 is 2.42 bits per heavy atom. The summed E-state index contributed by atoms with van der Waals surface area (Å²) < 4.78 is 33.7. The molecule has 0 amide bonds. The molecule has 0 atom stereocenters. The molecular formula is C17H22N2O4S. The number of aromatic nitrogens is 1. The number of ether oxygens (including phenoxy) is 1. The Bertz CT molecular complexity index is 826. The Hall–Kier alpha value is -2.12. The van der Waals surface area contributed by atoms with E-state index in [4.69, 9.17) is 4.74 Å². The molecule has 0 radical (unpaired) electrons. The minimum absolute atomic E-state index is 0.128. The van der Waals surface area contributed by atoms with Crippen LogP contribution >= 0.6 is 0 Å². The second-order valence-electron chi connectivity index (χ2n) is 5.45. The topological polar surface area (TPSA) is 68.6 Å². The number of esters is 1. The van der Waals surface area contributed by atoms with Gasteiger partial charge in [-0.1, -0.05) is 37.3 Å². The molecule has 2 aromatic rings. The predicted octanol–water partition coefficient (Wildman–Crippen LogP) is 2.33. The van der Waals surface area contributed by atoms with Crippen molar-refractivity contribution in [2.75, 3.05) is 13.7 Å². The first-order valence-corrected chi connectivity index (χ1v) is 9.05. The zero-order valence-corrected chi connectivity index (χ0v) is 15.1. The van der Waals surface area contributed by atoms with Crippen LogP contribution < -0.4 is 0 Å². The first-order valence-electron chi connectivity index (χ1n) is 7.61. The van der Waals surface area contributed by atoms with Crippen molar-refractivity contribution >= 4 is 16.0 Å².